The van der Waals surface area contributed by atoms with Crippen LogP contribution in [0.5, 0.6) is 5.75 Å². The molecule has 0 aliphatic carbocycles. The van der Waals surface area contributed by atoms with Crippen LogP contribution in [0.2, 0.25) is 0 Å². The number of anilines is 2. The number of aryl methyl sites for hydroxylation is 1. The maximum Gasteiger partial charge on any atom is 0.174 e. The summed E-state index contributed by atoms with van der Waals surface area (Å²) in [6.45, 7) is 4.75. The lowest BCUT2D eigenvalue weighted by molar-refractivity contribution is 0.180. The Morgan fingerprint density at radius 1 is 1.00 bits per heavy atom. The average molecular weight is 447 g/mol. The lowest BCUT2D eigenvalue weighted by Gasteiger charge is -2.22. The van der Waals surface area contributed by atoms with Gasteiger partial charge in [0, 0.05) is 38.3 Å². The van der Waals surface area contributed by atoms with E-state index < -0.39 is 0 Å². The van der Waals surface area contributed by atoms with E-state index in [2.05, 4.69) is 41.3 Å². The lowest BCUT2D eigenvalue weighted by Crippen LogP contribution is -2.19. The first-order chi connectivity index (χ1) is 15.8. The van der Waals surface area contributed by atoms with Gasteiger partial charge in [-0.3, -0.25) is 0 Å². The number of aromatic nitrogens is 2. The van der Waals surface area contributed by atoms with Crippen LogP contribution >= 0.6 is 0 Å². The molecule has 0 saturated carbocycles. The van der Waals surface area contributed by atoms with Gasteiger partial charge in [0.05, 0.1) is 11.4 Å². The zero-order valence-electron chi connectivity index (χ0n) is 20.4. The van der Waals surface area contributed by atoms with E-state index in [1.807, 2.05) is 75.3 Å². The number of nitrogens with two attached hydrogens (primary N) is 1. The molecule has 0 fully saturated rings. The maximum atomic E-state index is 6.54. The van der Waals surface area contributed by atoms with Crippen LogP contribution in [-0.2, 0) is 0 Å². The van der Waals surface area contributed by atoms with Crippen LogP contribution in [0, 0.1) is 6.92 Å². The highest BCUT2D eigenvalue weighted by atomic mass is 16.5. The highest BCUT2D eigenvalue weighted by Crippen LogP contribution is 2.34. The number of nitrogens with zero attached hydrogens (tertiary/aromatic N) is 5. The molecule has 0 bridgehead atoms. The van der Waals surface area contributed by atoms with Gasteiger partial charge in [-0.25, -0.2) is 4.99 Å². The summed E-state index contributed by atoms with van der Waals surface area (Å²) in [5.74, 6) is 1.36. The van der Waals surface area contributed by atoms with Gasteiger partial charge in [-0.1, -0.05) is 42.5 Å². The summed E-state index contributed by atoms with van der Waals surface area (Å²) in [5, 5.41) is 8.51. The van der Waals surface area contributed by atoms with Crippen molar-refractivity contribution in [2.24, 2.45) is 4.99 Å². The third-order valence-corrected chi connectivity index (χ3v) is 5.38. The molecule has 3 rings (SSSR count). The van der Waals surface area contributed by atoms with Gasteiger partial charge < -0.3 is 20.3 Å². The number of para-hydroxylation sites is 2. The predicted molar refractivity (Wildman–Crippen MR) is 137 cm³/mol. The normalized spacial score (nSPS) is 12.6. The van der Waals surface area contributed by atoms with Crippen LogP contribution in [0.25, 0.3) is 0 Å². The summed E-state index contributed by atoms with van der Waals surface area (Å²) in [6.07, 6.45) is 0.778. The molecule has 1 atom stereocenters. The van der Waals surface area contributed by atoms with E-state index in [-0.39, 0.29) is 6.10 Å². The number of benzene rings is 2. The molecule has 0 saturated heterocycles. The summed E-state index contributed by atoms with van der Waals surface area (Å²) in [6, 6.07) is 18.2. The number of nitrogen functional groups attached to an aromatic ring is 1. The largest absolute Gasteiger partial charge is 0.483 e. The van der Waals surface area contributed by atoms with Crippen LogP contribution in [0.1, 0.15) is 36.3 Å². The van der Waals surface area contributed by atoms with Crippen molar-refractivity contribution in [1.82, 2.24) is 15.1 Å². The fraction of sp³-hybridized carbons (Fsp3) is 0.346. The number of hydrogen-bond acceptors (Lipinski definition) is 7. The Bertz CT molecular complexity index is 1100. The summed E-state index contributed by atoms with van der Waals surface area (Å²) in [7, 11) is 7.93. The van der Waals surface area contributed by atoms with E-state index in [0.29, 0.717) is 11.5 Å². The molecule has 174 valence electrons. The van der Waals surface area contributed by atoms with Gasteiger partial charge >= 0.3 is 0 Å². The minimum absolute atomic E-state index is 0.0833. The Kier molecular flexibility index (Phi) is 8.01. The van der Waals surface area contributed by atoms with Gasteiger partial charge in [0.15, 0.2) is 5.82 Å². The molecule has 0 amide bonds. The number of hydrogen-bond donors (Lipinski definition) is 1. The average Bonchev–Trinajstić information content (AvgIpc) is 2.78. The molecule has 1 unspecified atom stereocenters. The van der Waals surface area contributed by atoms with Crippen LogP contribution in [0.4, 0.5) is 17.2 Å². The van der Waals surface area contributed by atoms with Crippen molar-refractivity contribution in [1.29, 1.82) is 0 Å². The Balaban J connectivity index is 1.97. The fourth-order valence-corrected chi connectivity index (χ4v) is 3.70. The second-order valence-corrected chi connectivity index (χ2v) is 8.57. The van der Waals surface area contributed by atoms with Crippen molar-refractivity contribution in [2.45, 2.75) is 26.4 Å². The summed E-state index contributed by atoms with van der Waals surface area (Å²) in [5.41, 5.74) is 11.2. The molecule has 33 heavy (non-hydrogen) atoms. The highest BCUT2D eigenvalue weighted by molar-refractivity contribution is 6.07. The van der Waals surface area contributed by atoms with Crippen LogP contribution in [0.15, 0.2) is 59.6 Å². The van der Waals surface area contributed by atoms with Gasteiger partial charge in [0.2, 0.25) is 0 Å². The van der Waals surface area contributed by atoms with Crippen LogP contribution in [-0.4, -0.2) is 55.5 Å². The van der Waals surface area contributed by atoms with E-state index in [1.54, 1.807) is 0 Å². The Morgan fingerprint density at radius 2 is 1.67 bits per heavy atom. The summed E-state index contributed by atoms with van der Waals surface area (Å²) < 4.78 is 6.54. The molecular formula is C26H34N6O. The molecule has 0 aliphatic heterocycles. The Morgan fingerprint density at radius 3 is 2.33 bits per heavy atom. The molecule has 1 aromatic heterocycles. The molecule has 0 aliphatic rings. The minimum Gasteiger partial charge on any atom is -0.483 e. The van der Waals surface area contributed by atoms with Gasteiger partial charge in [-0.05, 0) is 45.6 Å². The lowest BCUT2D eigenvalue weighted by atomic mass is 10.1. The molecule has 7 heteroatoms. The van der Waals surface area contributed by atoms with E-state index in [1.165, 1.54) is 0 Å². The second kappa shape index (κ2) is 10.9. The third kappa shape index (κ3) is 6.08. The molecule has 1 heterocycles. The van der Waals surface area contributed by atoms with E-state index in [0.717, 1.165) is 46.9 Å². The topological polar surface area (TPSA) is 79.9 Å². The van der Waals surface area contributed by atoms with Crippen molar-refractivity contribution in [2.75, 3.05) is 45.4 Å². The van der Waals surface area contributed by atoms with Gasteiger partial charge in [0.1, 0.15) is 17.5 Å². The third-order valence-electron chi connectivity index (χ3n) is 5.38. The van der Waals surface area contributed by atoms with E-state index >= 15 is 0 Å². The van der Waals surface area contributed by atoms with Crippen molar-refractivity contribution < 1.29 is 4.74 Å². The molecule has 0 spiro atoms. The van der Waals surface area contributed by atoms with Crippen LogP contribution < -0.4 is 15.4 Å². The molecule has 3 aromatic rings. The molecular weight excluding hydrogens is 412 g/mol. The number of aliphatic imine (C=N–C) groups is 1. The quantitative estimate of drug-likeness (QED) is 0.482. The fourth-order valence-electron chi connectivity index (χ4n) is 3.70. The SMILES string of the molecule is CC(=Nc1ccccc1OC(CCN(C)C)c1ccccc1)c1c(C)nnc(N(C)C)c1N. The van der Waals surface area contributed by atoms with E-state index in [9.17, 15) is 0 Å². The Labute approximate surface area is 196 Å². The van der Waals surface area contributed by atoms with Crippen molar-refractivity contribution in [3.8, 4) is 5.75 Å². The maximum absolute atomic E-state index is 6.54. The molecule has 0 radical (unpaired) electrons. The Hall–Kier alpha value is -3.45. The van der Waals surface area contributed by atoms with Gasteiger partial charge in [0.25, 0.3) is 0 Å². The van der Waals surface area contributed by atoms with Crippen molar-refractivity contribution in [3.63, 3.8) is 0 Å². The van der Waals surface area contributed by atoms with Crippen molar-refractivity contribution in [3.05, 3.63) is 71.4 Å². The second-order valence-electron chi connectivity index (χ2n) is 8.57. The molecule has 2 aromatic carbocycles. The number of ether oxygens (including phenoxy) is 1. The van der Waals surface area contributed by atoms with E-state index in [4.69, 9.17) is 15.5 Å². The smallest absolute Gasteiger partial charge is 0.174 e. The van der Waals surface area contributed by atoms with Crippen molar-refractivity contribution >= 4 is 22.9 Å². The summed E-state index contributed by atoms with van der Waals surface area (Å²) >= 11 is 0. The number of rotatable bonds is 9. The zero-order valence-corrected chi connectivity index (χ0v) is 20.4. The zero-order chi connectivity index (χ0) is 24.0. The standard InChI is InChI=1S/C26H34N6O/c1-18(24-19(2)29-30-26(25(24)27)32(5)6)28-21-14-10-11-15-23(21)33-22(16-17-31(3)4)20-12-8-7-9-13-20/h7-15,22H,16-17H2,1-6H3,(H2,27,29). The van der Waals surface area contributed by atoms with Gasteiger partial charge in [-0.15, -0.1) is 5.10 Å². The predicted octanol–water partition coefficient (Wildman–Crippen LogP) is 4.65. The highest BCUT2D eigenvalue weighted by Gasteiger charge is 2.18. The van der Waals surface area contributed by atoms with Gasteiger partial charge in [-0.2, -0.15) is 5.10 Å². The monoisotopic (exact) mass is 446 g/mol. The first-order valence-corrected chi connectivity index (χ1v) is 11.1. The van der Waals surface area contributed by atoms with Crippen LogP contribution in [0.3, 0.4) is 0 Å². The summed E-state index contributed by atoms with van der Waals surface area (Å²) in [4.78, 5) is 8.92. The first-order valence-electron chi connectivity index (χ1n) is 11.1. The first kappa shape index (κ1) is 24.2. The minimum atomic E-state index is -0.0833. The molecule has 2 N–H and O–H groups in total. The molecule has 7 nitrogen and oxygen atoms in total.